The summed E-state index contributed by atoms with van der Waals surface area (Å²) >= 11 is 0. The first-order chi connectivity index (χ1) is 11.3. The molecule has 1 unspecified atom stereocenters. The van der Waals surface area contributed by atoms with Gasteiger partial charge in [-0.3, -0.25) is 14.1 Å². The Labute approximate surface area is 142 Å². The van der Waals surface area contributed by atoms with Crippen LogP contribution in [0.2, 0.25) is 0 Å². The van der Waals surface area contributed by atoms with Crippen molar-refractivity contribution < 1.29 is 0 Å². The van der Waals surface area contributed by atoms with Gasteiger partial charge in [-0.2, -0.15) is 0 Å². The molecule has 3 rings (SSSR count). The summed E-state index contributed by atoms with van der Waals surface area (Å²) in [5.74, 6) is 0. The van der Waals surface area contributed by atoms with Gasteiger partial charge in [0.1, 0.15) is 0 Å². The minimum Gasteiger partial charge on any atom is -0.326 e. The molecule has 2 heterocycles. The maximum Gasteiger partial charge on any atom is 0.330 e. The van der Waals surface area contributed by atoms with E-state index in [0.29, 0.717) is 13.1 Å². The summed E-state index contributed by atoms with van der Waals surface area (Å²) in [6.45, 7) is 7.65. The number of hydrogen-bond acceptors (Lipinski definition) is 3. The van der Waals surface area contributed by atoms with Crippen molar-refractivity contribution in [3.05, 3.63) is 56.7 Å². The molecule has 5 heteroatoms. The number of hydrogen-bond donors (Lipinski definition) is 1. The first-order valence-electron chi connectivity index (χ1n) is 8.42. The number of fused-ring (bicyclic) bond motifs is 1. The lowest BCUT2D eigenvalue weighted by Gasteiger charge is -2.19. The highest BCUT2D eigenvalue weighted by Gasteiger charge is 2.20. The van der Waals surface area contributed by atoms with E-state index in [-0.39, 0.29) is 17.1 Å². The Morgan fingerprint density at radius 1 is 1.25 bits per heavy atom. The fraction of sp³-hybridized carbons (Fsp3) is 0.474. The number of imidazole rings is 1. The number of nitrogens with two attached hydrogens (primary N) is 1. The summed E-state index contributed by atoms with van der Waals surface area (Å²) in [7, 11) is 1.80. The van der Waals surface area contributed by atoms with Crippen molar-refractivity contribution in [3.8, 4) is 0 Å². The second kappa shape index (κ2) is 6.06. The van der Waals surface area contributed by atoms with Gasteiger partial charge in [0.25, 0.3) is 0 Å². The van der Waals surface area contributed by atoms with Gasteiger partial charge in [0.2, 0.25) is 0 Å². The highest BCUT2D eigenvalue weighted by atomic mass is 16.1. The van der Waals surface area contributed by atoms with Crippen LogP contribution in [0.3, 0.4) is 0 Å². The second-order valence-electron chi connectivity index (χ2n) is 7.73. The Hall–Kier alpha value is -2.14. The molecule has 2 aromatic rings. The molecule has 1 atom stereocenters. The molecule has 0 saturated carbocycles. The number of nitrogens with zero attached hydrogens (tertiary/aromatic N) is 3. The first kappa shape index (κ1) is 16.7. The van der Waals surface area contributed by atoms with Gasteiger partial charge in [-0.1, -0.05) is 51.1 Å². The first-order valence-corrected chi connectivity index (χ1v) is 8.42. The van der Waals surface area contributed by atoms with Crippen LogP contribution in [0.1, 0.15) is 44.4 Å². The third-order valence-electron chi connectivity index (χ3n) is 4.40. The molecule has 1 aromatic heterocycles. The van der Waals surface area contributed by atoms with E-state index in [1.807, 2.05) is 16.7 Å². The van der Waals surface area contributed by atoms with Crippen LogP contribution in [0.15, 0.2) is 34.1 Å². The van der Waals surface area contributed by atoms with Crippen molar-refractivity contribution in [1.82, 2.24) is 9.13 Å². The average molecular weight is 326 g/mol. The van der Waals surface area contributed by atoms with E-state index in [2.05, 4.69) is 39.0 Å². The molecule has 0 amide bonds. The van der Waals surface area contributed by atoms with E-state index >= 15 is 0 Å². The van der Waals surface area contributed by atoms with Gasteiger partial charge in [-0.05, 0) is 23.0 Å². The zero-order chi connectivity index (χ0) is 17.5. The summed E-state index contributed by atoms with van der Waals surface area (Å²) < 4.78 is 3.52. The molecule has 0 saturated heterocycles. The van der Waals surface area contributed by atoms with E-state index in [9.17, 15) is 4.79 Å². The Bertz CT molecular complexity index is 910. The molecule has 128 valence electrons. The monoisotopic (exact) mass is 326 g/mol. The fourth-order valence-corrected chi connectivity index (χ4v) is 3.16. The number of rotatable bonds is 3. The quantitative estimate of drug-likeness (QED) is 0.922. The van der Waals surface area contributed by atoms with Crippen molar-refractivity contribution in [3.63, 3.8) is 0 Å². The van der Waals surface area contributed by atoms with Crippen LogP contribution in [0.5, 0.6) is 0 Å². The maximum absolute atomic E-state index is 12.6. The SMILES string of the molecule is Cn1c2c(n(CC(C)(C)C)c1=O)=CCC(c1ccc(CN)cc1)N=2. The van der Waals surface area contributed by atoms with Crippen molar-refractivity contribution >= 4 is 6.08 Å². The molecule has 24 heavy (non-hydrogen) atoms. The van der Waals surface area contributed by atoms with Gasteiger partial charge < -0.3 is 5.73 Å². The lowest BCUT2D eigenvalue weighted by atomic mass is 9.97. The third kappa shape index (κ3) is 3.08. The molecule has 0 bridgehead atoms. The van der Waals surface area contributed by atoms with Gasteiger partial charge >= 0.3 is 5.69 Å². The predicted octanol–water partition coefficient (Wildman–Crippen LogP) is 1.24. The average Bonchev–Trinajstić information content (AvgIpc) is 2.78. The van der Waals surface area contributed by atoms with Crippen LogP contribution >= 0.6 is 0 Å². The second-order valence-corrected chi connectivity index (χ2v) is 7.73. The summed E-state index contributed by atoms with van der Waals surface area (Å²) in [5.41, 5.74) is 8.76. The van der Waals surface area contributed by atoms with E-state index in [4.69, 9.17) is 10.7 Å². The Kier molecular flexibility index (Phi) is 4.22. The summed E-state index contributed by atoms with van der Waals surface area (Å²) in [4.78, 5) is 17.5. The third-order valence-corrected chi connectivity index (χ3v) is 4.40. The van der Waals surface area contributed by atoms with Crippen molar-refractivity contribution in [2.45, 2.75) is 46.3 Å². The molecule has 1 aliphatic rings. The highest BCUT2D eigenvalue weighted by molar-refractivity contribution is 5.31. The van der Waals surface area contributed by atoms with Gasteiger partial charge in [-0.15, -0.1) is 0 Å². The highest BCUT2D eigenvalue weighted by Crippen LogP contribution is 2.23. The van der Waals surface area contributed by atoms with Crippen LogP contribution in [-0.4, -0.2) is 9.13 Å². The van der Waals surface area contributed by atoms with Gasteiger partial charge in [0, 0.05) is 20.1 Å². The Morgan fingerprint density at radius 2 is 1.92 bits per heavy atom. The van der Waals surface area contributed by atoms with Crippen LogP contribution in [-0.2, 0) is 20.1 Å². The molecule has 0 radical (unpaired) electrons. The van der Waals surface area contributed by atoms with Crippen LogP contribution in [0, 0.1) is 5.41 Å². The molecular weight excluding hydrogens is 300 g/mol. The molecular formula is C19H26N4O. The van der Waals surface area contributed by atoms with Gasteiger partial charge in [-0.25, -0.2) is 4.79 Å². The summed E-state index contributed by atoms with van der Waals surface area (Å²) in [6, 6.07) is 8.31. The Morgan fingerprint density at radius 3 is 2.50 bits per heavy atom. The lowest BCUT2D eigenvalue weighted by Crippen LogP contribution is -2.38. The van der Waals surface area contributed by atoms with E-state index in [0.717, 1.165) is 28.4 Å². The van der Waals surface area contributed by atoms with Gasteiger partial charge in [0.15, 0.2) is 5.49 Å². The predicted molar refractivity (Wildman–Crippen MR) is 96.1 cm³/mol. The summed E-state index contributed by atoms with van der Waals surface area (Å²) in [5, 5.41) is 0.951. The van der Waals surface area contributed by atoms with Crippen LogP contribution in [0.25, 0.3) is 6.08 Å². The normalized spacial score (nSPS) is 17.1. The van der Waals surface area contributed by atoms with Crippen molar-refractivity contribution in [1.29, 1.82) is 0 Å². The van der Waals surface area contributed by atoms with Crippen LogP contribution in [0.4, 0.5) is 0 Å². The minimum absolute atomic E-state index is 0.00838. The van der Waals surface area contributed by atoms with E-state index < -0.39 is 0 Å². The number of benzene rings is 1. The molecule has 1 aliphatic heterocycles. The molecule has 0 fully saturated rings. The largest absolute Gasteiger partial charge is 0.330 e. The molecule has 5 nitrogen and oxygen atoms in total. The zero-order valence-corrected chi connectivity index (χ0v) is 14.9. The minimum atomic E-state index is 0.00838. The number of aromatic nitrogens is 2. The summed E-state index contributed by atoms with van der Waals surface area (Å²) in [6.07, 6.45) is 2.96. The lowest BCUT2D eigenvalue weighted by molar-refractivity contribution is 0.333. The smallest absolute Gasteiger partial charge is 0.326 e. The molecule has 2 N–H and O–H groups in total. The van der Waals surface area contributed by atoms with Crippen LogP contribution < -0.4 is 22.3 Å². The van der Waals surface area contributed by atoms with E-state index in [1.54, 1.807) is 11.6 Å². The maximum atomic E-state index is 12.6. The molecule has 0 spiro atoms. The fourth-order valence-electron chi connectivity index (χ4n) is 3.16. The Balaban J connectivity index is 2.05. The van der Waals surface area contributed by atoms with E-state index in [1.165, 1.54) is 0 Å². The standard InChI is InChI=1S/C19H26N4O/c1-19(2,3)12-23-16-10-9-15(21-17(16)22(4)18(23)24)14-7-5-13(11-20)6-8-14/h5-8,10,15H,9,11-12,20H2,1-4H3. The topological polar surface area (TPSA) is 65.3 Å². The van der Waals surface area contributed by atoms with Gasteiger partial charge in [0.05, 0.1) is 11.4 Å². The molecule has 1 aromatic carbocycles. The van der Waals surface area contributed by atoms with Crippen molar-refractivity contribution in [2.24, 2.45) is 23.2 Å². The van der Waals surface area contributed by atoms with Crippen molar-refractivity contribution in [2.75, 3.05) is 0 Å². The molecule has 0 aliphatic carbocycles. The zero-order valence-electron chi connectivity index (χ0n) is 14.9.